The van der Waals surface area contributed by atoms with E-state index < -0.39 is 0 Å². The van der Waals surface area contributed by atoms with E-state index in [0.29, 0.717) is 5.92 Å². The van der Waals surface area contributed by atoms with Crippen LogP contribution in [0.5, 0.6) is 0 Å². The van der Waals surface area contributed by atoms with Crippen molar-refractivity contribution < 1.29 is 4.39 Å². The summed E-state index contributed by atoms with van der Waals surface area (Å²) >= 11 is 1.70. The van der Waals surface area contributed by atoms with Crippen LogP contribution in [0.15, 0.2) is 23.1 Å². The Hall–Kier alpha value is -0.540. The van der Waals surface area contributed by atoms with Crippen molar-refractivity contribution in [3.8, 4) is 0 Å². The molecule has 0 bridgehead atoms. The predicted octanol–water partition coefficient (Wildman–Crippen LogP) is 2.62. The van der Waals surface area contributed by atoms with Crippen LogP contribution in [0.3, 0.4) is 0 Å². The van der Waals surface area contributed by atoms with Crippen LogP contribution in [0, 0.1) is 5.82 Å². The molecule has 1 aromatic rings. The zero-order chi connectivity index (χ0) is 9.97. The molecule has 0 radical (unpaired) electrons. The predicted molar refractivity (Wildman–Crippen MR) is 58.4 cm³/mol. The third-order valence-electron chi connectivity index (χ3n) is 2.69. The molecule has 0 aliphatic carbocycles. The molecular formula is C11H14FNS. The molecule has 0 amide bonds. The number of rotatable bonds is 2. The minimum Gasteiger partial charge on any atom is -0.316 e. The van der Waals surface area contributed by atoms with E-state index in [1.807, 2.05) is 12.3 Å². The molecule has 3 heteroatoms. The maximum atomic E-state index is 13.1. The highest BCUT2D eigenvalue weighted by Gasteiger charge is 2.19. The molecule has 1 aliphatic rings. The van der Waals surface area contributed by atoms with Gasteiger partial charge >= 0.3 is 0 Å². The Balaban J connectivity index is 2.33. The Labute approximate surface area is 88.1 Å². The van der Waals surface area contributed by atoms with Crippen LogP contribution in [-0.4, -0.2) is 19.3 Å². The van der Waals surface area contributed by atoms with Crippen molar-refractivity contribution in [2.75, 3.05) is 19.3 Å². The molecule has 76 valence electrons. The van der Waals surface area contributed by atoms with Gasteiger partial charge in [-0.25, -0.2) is 4.39 Å². The molecule has 0 saturated carbocycles. The van der Waals surface area contributed by atoms with Gasteiger partial charge in [-0.1, -0.05) is 0 Å². The van der Waals surface area contributed by atoms with Gasteiger partial charge in [0.2, 0.25) is 0 Å². The van der Waals surface area contributed by atoms with Crippen molar-refractivity contribution in [3.63, 3.8) is 0 Å². The topological polar surface area (TPSA) is 12.0 Å². The highest BCUT2D eigenvalue weighted by molar-refractivity contribution is 7.98. The standard InChI is InChI=1S/C11H14FNS/c1-14-11-3-2-9(12)6-10(11)8-4-5-13-7-8/h2-3,6,8,13H,4-5,7H2,1H3. The summed E-state index contributed by atoms with van der Waals surface area (Å²) in [7, 11) is 0. The Morgan fingerprint density at radius 1 is 1.50 bits per heavy atom. The number of benzene rings is 1. The number of hydrogen-bond acceptors (Lipinski definition) is 2. The lowest BCUT2D eigenvalue weighted by atomic mass is 9.98. The molecule has 1 nitrogen and oxygen atoms in total. The van der Waals surface area contributed by atoms with Gasteiger partial charge < -0.3 is 5.32 Å². The van der Waals surface area contributed by atoms with Crippen LogP contribution < -0.4 is 5.32 Å². The third-order valence-corrected chi connectivity index (χ3v) is 3.50. The number of thioether (sulfide) groups is 1. The zero-order valence-corrected chi connectivity index (χ0v) is 9.03. The van der Waals surface area contributed by atoms with Gasteiger partial charge in [-0.15, -0.1) is 11.8 Å². The molecule has 1 N–H and O–H groups in total. The molecule has 1 atom stereocenters. The largest absolute Gasteiger partial charge is 0.316 e. The molecule has 1 fully saturated rings. The summed E-state index contributed by atoms with van der Waals surface area (Å²) in [6, 6.07) is 5.11. The lowest BCUT2D eigenvalue weighted by Crippen LogP contribution is -2.08. The van der Waals surface area contributed by atoms with Gasteiger partial charge in [0.15, 0.2) is 0 Å². The van der Waals surface area contributed by atoms with Crippen molar-refractivity contribution in [3.05, 3.63) is 29.6 Å². The molecule has 0 aromatic heterocycles. The van der Waals surface area contributed by atoms with Gasteiger partial charge in [0, 0.05) is 11.4 Å². The summed E-state index contributed by atoms with van der Waals surface area (Å²) in [6.45, 7) is 2.03. The average Bonchev–Trinajstić information content (AvgIpc) is 2.70. The molecule has 0 spiro atoms. The summed E-state index contributed by atoms with van der Waals surface area (Å²) in [5.74, 6) is 0.373. The van der Waals surface area contributed by atoms with Crippen LogP contribution in [0.25, 0.3) is 0 Å². The Morgan fingerprint density at radius 2 is 2.36 bits per heavy atom. The second-order valence-electron chi connectivity index (χ2n) is 3.58. The second-order valence-corrected chi connectivity index (χ2v) is 4.42. The lowest BCUT2D eigenvalue weighted by molar-refractivity contribution is 0.617. The first-order valence-electron chi connectivity index (χ1n) is 4.85. The average molecular weight is 211 g/mol. The van der Waals surface area contributed by atoms with E-state index in [9.17, 15) is 4.39 Å². The lowest BCUT2D eigenvalue weighted by Gasteiger charge is -2.13. The van der Waals surface area contributed by atoms with E-state index in [4.69, 9.17) is 0 Å². The molecular weight excluding hydrogens is 197 g/mol. The van der Waals surface area contributed by atoms with Crippen LogP contribution in [-0.2, 0) is 0 Å². The molecule has 1 saturated heterocycles. The van der Waals surface area contributed by atoms with Gasteiger partial charge in [-0.2, -0.15) is 0 Å². The van der Waals surface area contributed by atoms with Crippen LogP contribution in [0.2, 0.25) is 0 Å². The Morgan fingerprint density at radius 3 is 3.00 bits per heavy atom. The maximum Gasteiger partial charge on any atom is 0.123 e. The SMILES string of the molecule is CSc1ccc(F)cc1C1CCNC1. The number of nitrogens with one attached hydrogen (secondary N) is 1. The van der Waals surface area contributed by atoms with E-state index >= 15 is 0 Å². The van der Waals surface area contributed by atoms with E-state index in [0.717, 1.165) is 19.5 Å². The van der Waals surface area contributed by atoms with Crippen molar-refractivity contribution in [1.82, 2.24) is 5.32 Å². The van der Waals surface area contributed by atoms with E-state index in [2.05, 4.69) is 5.32 Å². The number of hydrogen-bond donors (Lipinski definition) is 1. The Bertz CT molecular complexity index is 321. The van der Waals surface area contributed by atoms with E-state index in [-0.39, 0.29) is 5.82 Å². The van der Waals surface area contributed by atoms with Gasteiger partial charge in [-0.3, -0.25) is 0 Å². The van der Waals surface area contributed by atoms with Crippen LogP contribution in [0.1, 0.15) is 17.9 Å². The van der Waals surface area contributed by atoms with Crippen molar-refractivity contribution in [2.45, 2.75) is 17.2 Å². The molecule has 1 heterocycles. The summed E-state index contributed by atoms with van der Waals surface area (Å²) in [4.78, 5) is 1.21. The molecule has 1 unspecified atom stereocenters. The van der Waals surface area contributed by atoms with Gasteiger partial charge in [0.05, 0.1) is 0 Å². The second kappa shape index (κ2) is 4.32. The first kappa shape index (κ1) is 9.99. The zero-order valence-electron chi connectivity index (χ0n) is 8.22. The maximum absolute atomic E-state index is 13.1. The number of halogens is 1. The van der Waals surface area contributed by atoms with E-state index in [1.54, 1.807) is 17.8 Å². The fourth-order valence-corrected chi connectivity index (χ4v) is 2.61. The van der Waals surface area contributed by atoms with Crippen molar-refractivity contribution in [2.24, 2.45) is 0 Å². The molecule has 1 aliphatic heterocycles. The normalized spacial score (nSPS) is 21.4. The van der Waals surface area contributed by atoms with Crippen LogP contribution in [0.4, 0.5) is 4.39 Å². The highest BCUT2D eigenvalue weighted by atomic mass is 32.2. The third kappa shape index (κ3) is 1.93. The molecule has 1 aromatic carbocycles. The van der Waals surface area contributed by atoms with Gasteiger partial charge in [0.25, 0.3) is 0 Å². The first-order chi connectivity index (χ1) is 6.81. The summed E-state index contributed by atoms with van der Waals surface area (Å²) in [5.41, 5.74) is 1.17. The van der Waals surface area contributed by atoms with Crippen LogP contribution >= 0.6 is 11.8 Å². The molecule has 2 rings (SSSR count). The van der Waals surface area contributed by atoms with Crippen molar-refractivity contribution >= 4 is 11.8 Å². The first-order valence-corrected chi connectivity index (χ1v) is 6.08. The van der Waals surface area contributed by atoms with E-state index in [1.165, 1.54) is 16.5 Å². The summed E-state index contributed by atoms with van der Waals surface area (Å²) in [6.07, 6.45) is 3.16. The van der Waals surface area contributed by atoms with Gasteiger partial charge in [-0.05, 0) is 48.9 Å². The summed E-state index contributed by atoms with van der Waals surface area (Å²) < 4.78 is 13.1. The quantitative estimate of drug-likeness (QED) is 0.755. The summed E-state index contributed by atoms with van der Waals surface area (Å²) in [5, 5.41) is 3.31. The van der Waals surface area contributed by atoms with Gasteiger partial charge in [0.1, 0.15) is 5.82 Å². The van der Waals surface area contributed by atoms with Crippen molar-refractivity contribution in [1.29, 1.82) is 0 Å². The highest BCUT2D eigenvalue weighted by Crippen LogP contribution is 2.31. The fraction of sp³-hybridized carbons (Fsp3) is 0.455. The molecule has 14 heavy (non-hydrogen) atoms. The smallest absolute Gasteiger partial charge is 0.123 e. The fourth-order valence-electron chi connectivity index (χ4n) is 1.94. The minimum atomic E-state index is -0.121. The minimum absolute atomic E-state index is 0.121. The monoisotopic (exact) mass is 211 g/mol. The Kier molecular flexibility index (Phi) is 3.08.